The molecule has 0 fully saturated rings. The number of halogens is 2. The standard InChI is InChI=1S/C11H14Cl2O2/c1-11(2,6-14)7-15-10-8(12)4-3-5-9(10)13/h3-5,14H,6-7H2,1-2H3. The molecule has 15 heavy (non-hydrogen) atoms. The molecule has 0 aliphatic rings. The van der Waals surface area contributed by atoms with Crippen molar-refractivity contribution in [1.29, 1.82) is 0 Å². The Labute approximate surface area is 99.8 Å². The molecule has 0 heterocycles. The number of para-hydroxylation sites is 1. The van der Waals surface area contributed by atoms with Crippen LogP contribution in [0.3, 0.4) is 0 Å². The molecule has 0 atom stereocenters. The van der Waals surface area contributed by atoms with Crippen LogP contribution in [-0.2, 0) is 0 Å². The molecule has 1 rings (SSSR count). The number of aliphatic hydroxyl groups is 1. The summed E-state index contributed by atoms with van der Waals surface area (Å²) in [6, 6.07) is 5.19. The van der Waals surface area contributed by atoms with Gasteiger partial charge in [0, 0.05) is 5.41 Å². The van der Waals surface area contributed by atoms with E-state index in [-0.39, 0.29) is 12.0 Å². The fraction of sp³-hybridized carbons (Fsp3) is 0.455. The summed E-state index contributed by atoms with van der Waals surface area (Å²) in [4.78, 5) is 0. The number of benzene rings is 1. The molecule has 0 spiro atoms. The summed E-state index contributed by atoms with van der Waals surface area (Å²) in [6.07, 6.45) is 0. The van der Waals surface area contributed by atoms with Crippen LogP contribution in [0.1, 0.15) is 13.8 Å². The van der Waals surface area contributed by atoms with E-state index in [1.54, 1.807) is 18.2 Å². The Morgan fingerprint density at radius 2 is 1.80 bits per heavy atom. The molecule has 0 saturated carbocycles. The normalized spacial score (nSPS) is 11.5. The van der Waals surface area contributed by atoms with Crippen LogP contribution in [0.15, 0.2) is 18.2 Å². The molecule has 1 aromatic carbocycles. The molecule has 2 nitrogen and oxygen atoms in total. The van der Waals surface area contributed by atoms with Crippen molar-refractivity contribution in [1.82, 2.24) is 0 Å². The van der Waals surface area contributed by atoms with Gasteiger partial charge in [-0.05, 0) is 12.1 Å². The molecule has 0 aromatic heterocycles. The molecule has 0 saturated heterocycles. The van der Waals surface area contributed by atoms with Crippen LogP contribution in [-0.4, -0.2) is 18.3 Å². The summed E-state index contributed by atoms with van der Waals surface area (Å²) in [5.41, 5.74) is -0.303. The fourth-order valence-corrected chi connectivity index (χ4v) is 1.44. The van der Waals surface area contributed by atoms with E-state index in [1.165, 1.54) is 0 Å². The summed E-state index contributed by atoms with van der Waals surface area (Å²) in [6.45, 7) is 4.22. The minimum atomic E-state index is -0.303. The summed E-state index contributed by atoms with van der Waals surface area (Å²) in [5, 5.41) is 10.0. The lowest BCUT2D eigenvalue weighted by Crippen LogP contribution is -2.25. The van der Waals surface area contributed by atoms with Crippen LogP contribution < -0.4 is 4.74 Å². The summed E-state index contributed by atoms with van der Waals surface area (Å²) >= 11 is 11.9. The summed E-state index contributed by atoms with van der Waals surface area (Å²) in [5.74, 6) is 0.474. The predicted molar refractivity (Wildman–Crippen MR) is 62.8 cm³/mol. The molecule has 0 radical (unpaired) electrons. The van der Waals surface area contributed by atoms with Crippen LogP contribution in [0, 0.1) is 5.41 Å². The first kappa shape index (κ1) is 12.6. The largest absolute Gasteiger partial charge is 0.490 e. The van der Waals surface area contributed by atoms with E-state index in [2.05, 4.69) is 0 Å². The van der Waals surface area contributed by atoms with Crippen LogP contribution >= 0.6 is 23.2 Å². The van der Waals surface area contributed by atoms with Crippen molar-refractivity contribution in [2.75, 3.05) is 13.2 Å². The third-order valence-corrected chi connectivity index (χ3v) is 2.55. The van der Waals surface area contributed by atoms with Crippen LogP contribution in [0.5, 0.6) is 5.75 Å². The lowest BCUT2D eigenvalue weighted by molar-refractivity contribution is 0.0976. The highest BCUT2D eigenvalue weighted by Gasteiger charge is 2.19. The molecule has 0 aliphatic carbocycles. The van der Waals surface area contributed by atoms with Crippen molar-refractivity contribution in [3.63, 3.8) is 0 Å². The Bertz CT molecular complexity index is 317. The number of hydrogen-bond donors (Lipinski definition) is 1. The zero-order chi connectivity index (χ0) is 11.5. The molecule has 1 N–H and O–H groups in total. The molecule has 0 bridgehead atoms. The zero-order valence-corrected chi connectivity index (χ0v) is 10.3. The highest BCUT2D eigenvalue weighted by atomic mass is 35.5. The molecule has 1 aromatic rings. The Morgan fingerprint density at radius 1 is 1.27 bits per heavy atom. The topological polar surface area (TPSA) is 29.5 Å². The van der Waals surface area contributed by atoms with Gasteiger partial charge < -0.3 is 9.84 Å². The highest BCUT2D eigenvalue weighted by molar-refractivity contribution is 6.37. The van der Waals surface area contributed by atoms with E-state index < -0.39 is 0 Å². The van der Waals surface area contributed by atoms with Crippen molar-refractivity contribution in [2.24, 2.45) is 5.41 Å². The van der Waals surface area contributed by atoms with E-state index >= 15 is 0 Å². The monoisotopic (exact) mass is 248 g/mol. The smallest absolute Gasteiger partial charge is 0.156 e. The second-order valence-corrected chi connectivity index (χ2v) is 4.98. The molecular formula is C11H14Cl2O2. The number of ether oxygens (including phenoxy) is 1. The van der Waals surface area contributed by atoms with Crippen LogP contribution in [0.2, 0.25) is 10.0 Å². The van der Waals surface area contributed by atoms with Gasteiger partial charge in [0.2, 0.25) is 0 Å². The first-order valence-electron chi connectivity index (χ1n) is 4.64. The fourth-order valence-electron chi connectivity index (χ4n) is 0.934. The molecule has 0 unspecified atom stereocenters. The quantitative estimate of drug-likeness (QED) is 0.886. The van der Waals surface area contributed by atoms with Crippen molar-refractivity contribution >= 4 is 23.2 Å². The summed E-state index contributed by atoms with van der Waals surface area (Å²) < 4.78 is 5.50. The van der Waals surface area contributed by atoms with Crippen molar-refractivity contribution in [3.8, 4) is 5.75 Å². The molecule has 0 amide bonds. The van der Waals surface area contributed by atoms with E-state index in [0.717, 1.165) is 0 Å². The van der Waals surface area contributed by atoms with Gasteiger partial charge >= 0.3 is 0 Å². The van der Waals surface area contributed by atoms with Crippen LogP contribution in [0.4, 0.5) is 0 Å². The Balaban J connectivity index is 2.73. The Hall–Kier alpha value is -0.440. The summed E-state index contributed by atoms with van der Waals surface area (Å²) in [7, 11) is 0. The molecular weight excluding hydrogens is 235 g/mol. The van der Waals surface area contributed by atoms with E-state index in [0.29, 0.717) is 22.4 Å². The van der Waals surface area contributed by atoms with E-state index in [1.807, 2.05) is 13.8 Å². The molecule has 84 valence electrons. The maximum atomic E-state index is 9.06. The van der Waals surface area contributed by atoms with E-state index in [4.69, 9.17) is 33.0 Å². The van der Waals surface area contributed by atoms with Gasteiger partial charge in [-0.15, -0.1) is 0 Å². The third-order valence-electron chi connectivity index (χ3n) is 1.95. The van der Waals surface area contributed by atoms with Gasteiger partial charge in [-0.1, -0.05) is 43.1 Å². The SMILES string of the molecule is CC(C)(CO)COc1c(Cl)cccc1Cl. The van der Waals surface area contributed by atoms with Gasteiger partial charge in [0.05, 0.1) is 23.3 Å². The lowest BCUT2D eigenvalue weighted by atomic mass is 9.97. The number of hydrogen-bond acceptors (Lipinski definition) is 2. The predicted octanol–water partition coefficient (Wildman–Crippen LogP) is 3.39. The van der Waals surface area contributed by atoms with E-state index in [9.17, 15) is 0 Å². The van der Waals surface area contributed by atoms with Gasteiger partial charge in [-0.3, -0.25) is 0 Å². The maximum Gasteiger partial charge on any atom is 0.156 e. The maximum absolute atomic E-state index is 9.06. The Morgan fingerprint density at radius 3 is 2.27 bits per heavy atom. The van der Waals surface area contributed by atoms with Crippen molar-refractivity contribution in [3.05, 3.63) is 28.2 Å². The Kier molecular flexibility index (Phi) is 4.26. The van der Waals surface area contributed by atoms with Crippen molar-refractivity contribution in [2.45, 2.75) is 13.8 Å². The van der Waals surface area contributed by atoms with Gasteiger partial charge in [0.25, 0.3) is 0 Å². The average Bonchev–Trinajstić information content (AvgIpc) is 2.17. The van der Waals surface area contributed by atoms with Gasteiger partial charge in [0.15, 0.2) is 5.75 Å². The van der Waals surface area contributed by atoms with Crippen LogP contribution in [0.25, 0.3) is 0 Å². The first-order chi connectivity index (χ1) is 6.96. The number of rotatable bonds is 4. The molecule has 0 aliphatic heterocycles. The lowest BCUT2D eigenvalue weighted by Gasteiger charge is -2.22. The van der Waals surface area contributed by atoms with Gasteiger partial charge in [-0.25, -0.2) is 0 Å². The average molecular weight is 249 g/mol. The minimum Gasteiger partial charge on any atom is -0.490 e. The van der Waals surface area contributed by atoms with Gasteiger partial charge in [-0.2, -0.15) is 0 Å². The first-order valence-corrected chi connectivity index (χ1v) is 5.39. The zero-order valence-electron chi connectivity index (χ0n) is 8.76. The second-order valence-electron chi connectivity index (χ2n) is 4.16. The van der Waals surface area contributed by atoms with Crippen molar-refractivity contribution < 1.29 is 9.84 Å². The minimum absolute atomic E-state index is 0.0507. The highest BCUT2D eigenvalue weighted by Crippen LogP contribution is 2.33. The van der Waals surface area contributed by atoms with Gasteiger partial charge in [0.1, 0.15) is 0 Å². The number of aliphatic hydroxyl groups excluding tert-OH is 1. The molecule has 4 heteroatoms. The second kappa shape index (κ2) is 5.06. The third kappa shape index (κ3) is 3.56.